The minimum absolute atomic E-state index is 0.184. The van der Waals surface area contributed by atoms with Crippen LogP contribution in [0, 0.1) is 13.8 Å². The van der Waals surface area contributed by atoms with Crippen LogP contribution in [0.3, 0.4) is 0 Å². The Kier molecular flexibility index (Phi) is 2.92. The summed E-state index contributed by atoms with van der Waals surface area (Å²) in [6.45, 7) is 4.05. The van der Waals surface area contributed by atoms with Crippen LogP contribution in [0.1, 0.15) is 40.8 Å². The van der Waals surface area contributed by atoms with Gasteiger partial charge in [0.2, 0.25) is 0 Å². The average molecular weight is 259 g/mol. The van der Waals surface area contributed by atoms with Gasteiger partial charge in [0.1, 0.15) is 5.01 Å². The number of fused-ring (bicyclic) bond motifs is 1. The molecule has 0 aromatic carbocycles. The molecular weight excluding hydrogens is 242 g/mol. The summed E-state index contributed by atoms with van der Waals surface area (Å²) in [6.07, 6.45) is 3.32. The first-order valence-electron chi connectivity index (χ1n) is 6.34. The van der Waals surface area contributed by atoms with Crippen LogP contribution in [0.15, 0.2) is 12.1 Å². The van der Waals surface area contributed by atoms with Crippen LogP contribution in [-0.4, -0.2) is 9.97 Å². The van der Waals surface area contributed by atoms with E-state index >= 15 is 0 Å². The Morgan fingerprint density at radius 2 is 1.94 bits per heavy atom. The summed E-state index contributed by atoms with van der Waals surface area (Å²) in [5.74, 6) is 0. The normalized spacial score (nSPS) is 18.7. The molecule has 0 amide bonds. The van der Waals surface area contributed by atoms with Gasteiger partial charge in [-0.25, -0.2) is 4.98 Å². The topological polar surface area (TPSA) is 51.8 Å². The van der Waals surface area contributed by atoms with Crippen molar-refractivity contribution in [1.29, 1.82) is 0 Å². The van der Waals surface area contributed by atoms with E-state index in [1.165, 1.54) is 16.1 Å². The summed E-state index contributed by atoms with van der Waals surface area (Å²) in [4.78, 5) is 10.5. The molecule has 3 nitrogen and oxygen atoms in total. The molecule has 1 aliphatic carbocycles. The number of aryl methyl sites for hydroxylation is 3. The van der Waals surface area contributed by atoms with Crippen LogP contribution in [-0.2, 0) is 6.42 Å². The van der Waals surface area contributed by atoms with Crippen molar-refractivity contribution < 1.29 is 0 Å². The number of hydrogen-bond acceptors (Lipinski definition) is 4. The number of hydrogen-bond donors (Lipinski definition) is 1. The lowest BCUT2D eigenvalue weighted by Gasteiger charge is -2.15. The second-order valence-corrected chi connectivity index (χ2v) is 6.00. The molecule has 0 saturated carbocycles. The molecule has 3 rings (SSSR count). The van der Waals surface area contributed by atoms with Crippen LogP contribution in [0.4, 0.5) is 0 Å². The lowest BCUT2D eigenvalue weighted by Crippen LogP contribution is -2.15. The second-order valence-electron chi connectivity index (χ2n) is 4.97. The number of nitrogens with two attached hydrogens (primary N) is 1. The van der Waals surface area contributed by atoms with Crippen molar-refractivity contribution in [3.05, 3.63) is 34.1 Å². The SMILES string of the molecule is Cc1cc(-c2nc3c(s2)C(N)CCC3)cc(C)n1. The van der Waals surface area contributed by atoms with Gasteiger partial charge in [0.05, 0.1) is 5.69 Å². The fourth-order valence-electron chi connectivity index (χ4n) is 2.53. The van der Waals surface area contributed by atoms with Crippen molar-refractivity contribution in [2.45, 2.75) is 39.2 Å². The molecule has 0 radical (unpaired) electrons. The first-order chi connectivity index (χ1) is 8.63. The highest BCUT2D eigenvalue weighted by Gasteiger charge is 2.22. The summed E-state index contributed by atoms with van der Waals surface area (Å²) in [5.41, 5.74) is 10.6. The molecule has 1 aliphatic rings. The lowest BCUT2D eigenvalue weighted by molar-refractivity contribution is 0.573. The van der Waals surface area contributed by atoms with Crippen molar-refractivity contribution >= 4 is 11.3 Å². The Balaban J connectivity index is 2.07. The number of nitrogens with zero attached hydrogens (tertiary/aromatic N) is 2. The fraction of sp³-hybridized carbons (Fsp3) is 0.429. The minimum atomic E-state index is 0.184. The predicted molar refractivity (Wildman–Crippen MR) is 74.7 cm³/mol. The summed E-state index contributed by atoms with van der Waals surface area (Å²) in [7, 11) is 0. The highest BCUT2D eigenvalue weighted by molar-refractivity contribution is 7.15. The smallest absolute Gasteiger partial charge is 0.124 e. The largest absolute Gasteiger partial charge is 0.323 e. The molecular formula is C14H17N3S. The molecule has 94 valence electrons. The van der Waals surface area contributed by atoms with Crippen molar-refractivity contribution in [3.8, 4) is 10.6 Å². The molecule has 4 heteroatoms. The third-order valence-corrected chi connectivity index (χ3v) is 4.60. The fourth-order valence-corrected chi connectivity index (χ4v) is 3.67. The van der Waals surface area contributed by atoms with Gasteiger partial charge in [0, 0.05) is 27.9 Å². The van der Waals surface area contributed by atoms with Gasteiger partial charge in [0.25, 0.3) is 0 Å². The molecule has 2 N–H and O–H groups in total. The standard InChI is InChI=1S/C14H17N3S/c1-8-6-10(7-9(2)16-8)14-17-12-5-3-4-11(15)13(12)18-14/h6-7,11H,3-5,15H2,1-2H3. The third kappa shape index (κ3) is 2.06. The zero-order valence-electron chi connectivity index (χ0n) is 10.7. The van der Waals surface area contributed by atoms with Crippen LogP contribution < -0.4 is 5.73 Å². The van der Waals surface area contributed by atoms with Gasteiger partial charge in [-0.2, -0.15) is 0 Å². The summed E-state index contributed by atoms with van der Waals surface area (Å²) < 4.78 is 0. The van der Waals surface area contributed by atoms with Crippen LogP contribution in [0.2, 0.25) is 0 Å². The summed E-state index contributed by atoms with van der Waals surface area (Å²) in [5, 5.41) is 1.09. The van der Waals surface area contributed by atoms with E-state index < -0.39 is 0 Å². The molecule has 1 atom stereocenters. The third-order valence-electron chi connectivity index (χ3n) is 3.32. The molecule has 2 aromatic heterocycles. The Labute approximate surface area is 111 Å². The van der Waals surface area contributed by atoms with Crippen molar-refractivity contribution in [2.24, 2.45) is 5.73 Å². The Morgan fingerprint density at radius 3 is 2.61 bits per heavy atom. The van der Waals surface area contributed by atoms with Crippen molar-refractivity contribution in [1.82, 2.24) is 9.97 Å². The number of pyridine rings is 1. The van der Waals surface area contributed by atoms with Gasteiger partial charge in [-0.15, -0.1) is 11.3 Å². The highest BCUT2D eigenvalue weighted by atomic mass is 32.1. The second kappa shape index (κ2) is 4.44. The predicted octanol–water partition coefficient (Wildman–Crippen LogP) is 3.16. The van der Waals surface area contributed by atoms with E-state index in [0.29, 0.717) is 0 Å². The van der Waals surface area contributed by atoms with E-state index in [1.54, 1.807) is 11.3 Å². The number of thiazole rings is 1. The number of aromatic nitrogens is 2. The van der Waals surface area contributed by atoms with E-state index in [2.05, 4.69) is 17.1 Å². The molecule has 0 saturated heterocycles. The molecule has 1 unspecified atom stereocenters. The lowest BCUT2D eigenvalue weighted by atomic mass is 9.99. The van der Waals surface area contributed by atoms with Crippen LogP contribution in [0.5, 0.6) is 0 Å². The van der Waals surface area contributed by atoms with Crippen molar-refractivity contribution in [3.63, 3.8) is 0 Å². The summed E-state index contributed by atoms with van der Waals surface area (Å²) in [6, 6.07) is 4.38. The zero-order chi connectivity index (χ0) is 12.7. The highest BCUT2D eigenvalue weighted by Crippen LogP contribution is 2.36. The van der Waals surface area contributed by atoms with E-state index in [1.807, 2.05) is 13.8 Å². The molecule has 0 bridgehead atoms. The monoisotopic (exact) mass is 259 g/mol. The quantitative estimate of drug-likeness (QED) is 0.856. The summed E-state index contributed by atoms with van der Waals surface area (Å²) >= 11 is 1.75. The zero-order valence-corrected chi connectivity index (χ0v) is 11.5. The Hall–Kier alpha value is -1.26. The first-order valence-corrected chi connectivity index (χ1v) is 7.16. The average Bonchev–Trinajstić information content (AvgIpc) is 2.73. The molecule has 2 aromatic rings. The Morgan fingerprint density at radius 1 is 1.22 bits per heavy atom. The molecule has 18 heavy (non-hydrogen) atoms. The minimum Gasteiger partial charge on any atom is -0.323 e. The van der Waals surface area contributed by atoms with Gasteiger partial charge in [-0.1, -0.05) is 0 Å². The van der Waals surface area contributed by atoms with Gasteiger partial charge in [-0.05, 0) is 45.2 Å². The molecule has 0 spiro atoms. The van der Waals surface area contributed by atoms with E-state index in [-0.39, 0.29) is 6.04 Å². The van der Waals surface area contributed by atoms with Gasteiger partial charge < -0.3 is 5.73 Å². The Bertz CT molecular complexity index is 568. The maximum Gasteiger partial charge on any atom is 0.124 e. The van der Waals surface area contributed by atoms with E-state index in [4.69, 9.17) is 10.7 Å². The van der Waals surface area contributed by atoms with Gasteiger partial charge in [-0.3, -0.25) is 4.98 Å². The molecule has 0 aliphatic heterocycles. The van der Waals surface area contributed by atoms with E-state index in [0.717, 1.165) is 35.7 Å². The maximum absolute atomic E-state index is 6.16. The van der Waals surface area contributed by atoms with E-state index in [9.17, 15) is 0 Å². The first kappa shape index (κ1) is 11.8. The number of rotatable bonds is 1. The van der Waals surface area contributed by atoms with Crippen molar-refractivity contribution in [2.75, 3.05) is 0 Å². The molecule has 0 fully saturated rings. The van der Waals surface area contributed by atoms with Gasteiger partial charge in [0.15, 0.2) is 0 Å². The maximum atomic E-state index is 6.16. The van der Waals surface area contributed by atoms with Crippen LogP contribution in [0.25, 0.3) is 10.6 Å². The van der Waals surface area contributed by atoms with Crippen LogP contribution >= 0.6 is 11.3 Å². The van der Waals surface area contributed by atoms with Gasteiger partial charge >= 0.3 is 0 Å². The molecule has 2 heterocycles.